The van der Waals surface area contributed by atoms with Crippen molar-refractivity contribution in [2.45, 2.75) is 26.7 Å². The van der Waals surface area contributed by atoms with Crippen molar-refractivity contribution in [2.24, 2.45) is 0 Å². The molecule has 0 unspecified atom stereocenters. The smallest absolute Gasteiger partial charge is 0.213 e. The average Bonchev–Trinajstić information content (AvgIpc) is 2.26. The fraction of sp³-hybridized carbons (Fsp3) is 0.286. The number of aryl methyl sites for hydroxylation is 3. The van der Waals surface area contributed by atoms with Crippen molar-refractivity contribution in [1.29, 1.82) is 0 Å². The summed E-state index contributed by atoms with van der Waals surface area (Å²) in [4.78, 5) is 7.12. The number of hydrogen-bond donors (Lipinski definition) is 0. The number of alkyl halides is 1. The number of aromatic nitrogens is 2. The van der Waals surface area contributed by atoms with Gasteiger partial charge in [-0.25, -0.2) is 9.97 Å². The molecule has 0 spiro atoms. The minimum absolute atomic E-state index is 0.334. The highest BCUT2D eigenvalue weighted by molar-refractivity contribution is 6.17. The van der Waals surface area contributed by atoms with E-state index in [-0.39, 0.29) is 0 Å². The number of hydrogen-bond acceptors (Lipinski definition) is 2. The maximum atomic E-state index is 12.4. The molecule has 0 atom stereocenters. The second kappa shape index (κ2) is 7.14. The molecule has 0 aliphatic carbocycles. The van der Waals surface area contributed by atoms with Gasteiger partial charge in [0.05, 0.1) is 0 Å². The van der Waals surface area contributed by atoms with E-state index in [4.69, 9.17) is 11.6 Å². The zero-order valence-corrected chi connectivity index (χ0v) is 11.8. The van der Waals surface area contributed by atoms with Gasteiger partial charge in [-0.1, -0.05) is 0 Å². The first-order valence-electron chi connectivity index (χ1n) is 5.70. The minimum atomic E-state index is -0.462. The third kappa shape index (κ3) is 5.75. The van der Waals surface area contributed by atoms with Gasteiger partial charge in [0.2, 0.25) is 11.9 Å². The molecule has 2 aromatic heterocycles. The van der Waals surface area contributed by atoms with Gasteiger partial charge in [-0.15, -0.1) is 11.6 Å². The largest absolute Gasteiger partial charge is 0.225 e. The van der Waals surface area contributed by atoms with E-state index in [0.717, 1.165) is 16.8 Å². The van der Waals surface area contributed by atoms with Crippen LogP contribution in [0.4, 0.5) is 8.78 Å². The summed E-state index contributed by atoms with van der Waals surface area (Å²) in [6.45, 7) is 5.35. The summed E-state index contributed by atoms with van der Waals surface area (Å²) in [5.41, 5.74) is 3.08. The molecule has 0 amide bonds. The van der Waals surface area contributed by atoms with Gasteiger partial charge < -0.3 is 0 Å². The predicted molar refractivity (Wildman–Crippen MR) is 72.2 cm³/mol. The molecular weight excluding hydrogens is 270 g/mol. The van der Waals surface area contributed by atoms with Crippen LogP contribution in [0.2, 0.25) is 0 Å². The van der Waals surface area contributed by atoms with E-state index in [1.165, 1.54) is 12.1 Å². The zero-order chi connectivity index (χ0) is 14.4. The van der Waals surface area contributed by atoms with E-state index in [1.54, 1.807) is 19.9 Å². The van der Waals surface area contributed by atoms with E-state index < -0.39 is 11.9 Å². The second-order valence-corrected chi connectivity index (χ2v) is 4.45. The van der Waals surface area contributed by atoms with Crippen LogP contribution in [0, 0.1) is 32.7 Å². The van der Waals surface area contributed by atoms with Crippen molar-refractivity contribution < 1.29 is 8.78 Å². The lowest BCUT2D eigenvalue weighted by Crippen LogP contribution is -1.89. The fourth-order valence-electron chi connectivity index (χ4n) is 1.57. The van der Waals surface area contributed by atoms with Crippen molar-refractivity contribution >= 4 is 11.6 Å². The lowest BCUT2D eigenvalue weighted by Gasteiger charge is -1.96. The van der Waals surface area contributed by atoms with E-state index >= 15 is 0 Å². The summed E-state index contributed by atoms with van der Waals surface area (Å²) >= 11 is 5.48. The lowest BCUT2D eigenvalue weighted by atomic mass is 10.2. The highest BCUT2D eigenvalue weighted by Gasteiger charge is 1.96. The topological polar surface area (TPSA) is 25.8 Å². The molecule has 102 valence electrons. The summed E-state index contributed by atoms with van der Waals surface area (Å²) < 4.78 is 24.8. The van der Waals surface area contributed by atoms with Gasteiger partial charge in [0.1, 0.15) is 0 Å². The molecule has 0 saturated carbocycles. The molecule has 0 N–H and O–H groups in total. The van der Waals surface area contributed by atoms with Crippen LogP contribution in [0.15, 0.2) is 24.3 Å². The Hall–Kier alpha value is -1.55. The first-order valence-corrected chi connectivity index (χ1v) is 6.24. The highest BCUT2D eigenvalue weighted by atomic mass is 35.5. The molecule has 2 heterocycles. The highest BCUT2D eigenvalue weighted by Crippen LogP contribution is 2.06. The fourth-order valence-corrected chi connectivity index (χ4v) is 1.72. The Morgan fingerprint density at radius 1 is 0.895 bits per heavy atom. The van der Waals surface area contributed by atoms with Gasteiger partial charge in [-0.3, -0.25) is 0 Å². The van der Waals surface area contributed by atoms with E-state index in [2.05, 4.69) is 9.97 Å². The average molecular weight is 285 g/mol. The summed E-state index contributed by atoms with van der Waals surface area (Å²) in [5.74, 6) is -0.525. The third-order valence-electron chi connectivity index (χ3n) is 2.20. The molecule has 2 aromatic rings. The SMILES string of the molecule is Cc1cc(C)nc(F)c1.Cc1cc(CCl)cc(F)n1. The molecular formula is C14H15ClF2N2. The molecule has 0 radical (unpaired) electrons. The van der Waals surface area contributed by atoms with Crippen molar-refractivity contribution in [3.8, 4) is 0 Å². The molecule has 0 bridgehead atoms. The molecule has 0 fully saturated rings. The van der Waals surface area contributed by atoms with Gasteiger partial charge in [0.25, 0.3) is 0 Å². The molecule has 5 heteroatoms. The van der Waals surface area contributed by atoms with Crippen molar-refractivity contribution in [3.05, 3.63) is 58.7 Å². The normalized spacial score (nSPS) is 9.79. The predicted octanol–water partition coefficient (Wildman–Crippen LogP) is 4.11. The minimum Gasteiger partial charge on any atom is -0.225 e. The van der Waals surface area contributed by atoms with Gasteiger partial charge in [-0.2, -0.15) is 8.78 Å². The maximum absolute atomic E-state index is 12.4. The number of halogens is 3. The molecule has 0 aliphatic rings. The zero-order valence-electron chi connectivity index (χ0n) is 11.0. The summed E-state index contributed by atoms with van der Waals surface area (Å²) in [6, 6.07) is 6.34. The lowest BCUT2D eigenvalue weighted by molar-refractivity contribution is 0.578. The Labute approximate surface area is 116 Å². The van der Waals surface area contributed by atoms with Crippen LogP contribution in [0.3, 0.4) is 0 Å². The van der Waals surface area contributed by atoms with Crippen LogP contribution >= 0.6 is 11.6 Å². The third-order valence-corrected chi connectivity index (χ3v) is 2.51. The van der Waals surface area contributed by atoms with Crippen molar-refractivity contribution in [3.63, 3.8) is 0 Å². The van der Waals surface area contributed by atoms with Gasteiger partial charge >= 0.3 is 0 Å². The summed E-state index contributed by atoms with van der Waals surface area (Å²) in [5, 5.41) is 0. The molecule has 2 nitrogen and oxygen atoms in total. The van der Waals surface area contributed by atoms with Crippen LogP contribution in [0.5, 0.6) is 0 Å². The number of pyridine rings is 2. The maximum Gasteiger partial charge on any atom is 0.213 e. The molecule has 19 heavy (non-hydrogen) atoms. The standard InChI is InChI=1S/C7H7ClFN.C7H8FN/c1-5-2-6(4-8)3-7(9)10-5;1-5-3-6(2)9-7(8)4-5/h2-3H,4H2,1H3;3-4H,1-2H3. The molecule has 0 saturated heterocycles. The van der Waals surface area contributed by atoms with E-state index in [9.17, 15) is 8.78 Å². The van der Waals surface area contributed by atoms with Gasteiger partial charge in [0.15, 0.2) is 0 Å². The van der Waals surface area contributed by atoms with Gasteiger partial charge in [0, 0.05) is 17.3 Å². The first kappa shape index (κ1) is 15.5. The van der Waals surface area contributed by atoms with Gasteiger partial charge in [-0.05, 0) is 56.2 Å². The Bertz CT molecular complexity index is 488. The quantitative estimate of drug-likeness (QED) is 0.582. The van der Waals surface area contributed by atoms with Crippen LogP contribution < -0.4 is 0 Å². The summed E-state index contributed by atoms with van der Waals surface area (Å²) in [7, 11) is 0. The molecule has 2 rings (SSSR count). The van der Waals surface area contributed by atoms with E-state index in [0.29, 0.717) is 11.6 Å². The summed E-state index contributed by atoms with van der Waals surface area (Å²) in [6.07, 6.45) is 0. The first-order chi connectivity index (χ1) is 8.90. The molecule has 0 aliphatic heterocycles. The van der Waals surface area contributed by atoms with Crippen LogP contribution in [0.25, 0.3) is 0 Å². The Balaban J connectivity index is 0.000000191. The van der Waals surface area contributed by atoms with Crippen LogP contribution in [-0.4, -0.2) is 9.97 Å². The van der Waals surface area contributed by atoms with Crippen molar-refractivity contribution in [2.75, 3.05) is 0 Å². The van der Waals surface area contributed by atoms with Crippen LogP contribution in [0.1, 0.15) is 22.5 Å². The number of rotatable bonds is 1. The second-order valence-electron chi connectivity index (χ2n) is 4.18. The molecule has 0 aromatic carbocycles. The Morgan fingerprint density at radius 2 is 1.42 bits per heavy atom. The van der Waals surface area contributed by atoms with E-state index in [1.807, 2.05) is 13.0 Å². The number of nitrogens with zero attached hydrogens (tertiary/aromatic N) is 2. The monoisotopic (exact) mass is 284 g/mol. The Kier molecular flexibility index (Phi) is 5.83. The van der Waals surface area contributed by atoms with Crippen LogP contribution in [-0.2, 0) is 5.88 Å². The van der Waals surface area contributed by atoms with Crippen molar-refractivity contribution in [1.82, 2.24) is 9.97 Å². The Morgan fingerprint density at radius 3 is 1.84 bits per heavy atom.